The standard InChI is InChI=1S/C13H23N3O2/c1-13(2,3)18-12(17)16-7-4-6-14-9-11-5-8-15-10-11/h5,8,10,14-15H,4,6-7,9H2,1-3H3,(H,16,17). The average Bonchev–Trinajstić information content (AvgIpc) is 2.73. The summed E-state index contributed by atoms with van der Waals surface area (Å²) in [6.07, 6.45) is 4.39. The first-order valence-corrected chi connectivity index (χ1v) is 6.26. The molecule has 3 N–H and O–H groups in total. The molecule has 1 heterocycles. The van der Waals surface area contributed by atoms with Crippen molar-refractivity contribution in [2.24, 2.45) is 0 Å². The van der Waals surface area contributed by atoms with Gasteiger partial charge < -0.3 is 20.4 Å². The van der Waals surface area contributed by atoms with Crippen molar-refractivity contribution in [3.63, 3.8) is 0 Å². The summed E-state index contributed by atoms with van der Waals surface area (Å²) in [6.45, 7) is 7.88. The van der Waals surface area contributed by atoms with Crippen molar-refractivity contribution in [3.05, 3.63) is 24.0 Å². The fourth-order valence-electron chi connectivity index (χ4n) is 1.42. The summed E-state index contributed by atoms with van der Waals surface area (Å²) < 4.78 is 5.13. The van der Waals surface area contributed by atoms with Crippen LogP contribution in [0, 0.1) is 0 Å². The zero-order valence-corrected chi connectivity index (χ0v) is 11.4. The van der Waals surface area contributed by atoms with Crippen LogP contribution in [0.2, 0.25) is 0 Å². The third kappa shape index (κ3) is 6.96. The smallest absolute Gasteiger partial charge is 0.407 e. The van der Waals surface area contributed by atoms with Gasteiger partial charge in [0, 0.05) is 25.5 Å². The molecule has 0 radical (unpaired) electrons. The van der Waals surface area contributed by atoms with Gasteiger partial charge in [0.1, 0.15) is 5.60 Å². The van der Waals surface area contributed by atoms with Crippen LogP contribution in [-0.4, -0.2) is 29.8 Å². The fourth-order valence-corrected chi connectivity index (χ4v) is 1.42. The fraction of sp³-hybridized carbons (Fsp3) is 0.615. The van der Waals surface area contributed by atoms with Gasteiger partial charge in [-0.05, 0) is 45.4 Å². The minimum atomic E-state index is -0.434. The third-order valence-corrected chi connectivity index (χ3v) is 2.19. The molecule has 0 aromatic carbocycles. The number of nitrogens with one attached hydrogen (secondary N) is 3. The Morgan fingerprint density at radius 2 is 2.17 bits per heavy atom. The molecule has 5 nitrogen and oxygen atoms in total. The van der Waals surface area contributed by atoms with E-state index in [1.165, 1.54) is 5.56 Å². The highest BCUT2D eigenvalue weighted by molar-refractivity contribution is 5.67. The third-order valence-electron chi connectivity index (χ3n) is 2.19. The summed E-state index contributed by atoms with van der Waals surface area (Å²) in [5.74, 6) is 0. The van der Waals surface area contributed by atoms with Gasteiger partial charge in [-0.1, -0.05) is 0 Å². The van der Waals surface area contributed by atoms with Crippen molar-refractivity contribution in [3.8, 4) is 0 Å². The monoisotopic (exact) mass is 253 g/mol. The van der Waals surface area contributed by atoms with Crippen LogP contribution < -0.4 is 10.6 Å². The van der Waals surface area contributed by atoms with Crippen LogP contribution in [0.5, 0.6) is 0 Å². The van der Waals surface area contributed by atoms with E-state index in [0.717, 1.165) is 19.5 Å². The van der Waals surface area contributed by atoms with Gasteiger partial charge in [-0.3, -0.25) is 0 Å². The molecule has 1 amide bonds. The molecule has 1 aromatic rings. The molecule has 0 bridgehead atoms. The summed E-state index contributed by atoms with van der Waals surface area (Å²) in [7, 11) is 0. The van der Waals surface area contributed by atoms with Crippen molar-refractivity contribution in [1.29, 1.82) is 0 Å². The first kappa shape index (κ1) is 14.6. The molecule has 0 spiro atoms. The topological polar surface area (TPSA) is 66.2 Å². The summed E-state index contributed by atoms with van der Waals surface area (Å²) in [4.78, 5) is 14.3. The molecular weight excluding hydrogens is 230 g/mol. The maximum absolute atomic E-state index is 11.3. The van der Waals surface area contributed by atoms with Gasteiger partial charge in [0.2, 0.25) is 0 Å². The van der Waals surface area contributed by atoms with Gasteiger partial charge >= 0.3 is 6.09 Å². The molecule has 5 heteroatoms. The van der Waals surface area contributed by atoms with Crippen molar-refractivity contribution < 1.29 is 9.53 Å². The zero-order valence-electron chi connectivity index (χ0n) is 11.4. The van der Waals surface area contributed by atoms with E-state index < -0.39 is 5.60 Å². The number of hydrogen-bond donors (Lipinski definition) is 3. The number of amides is 1. The lowest BCUT2D eigenvalue weighted by Gasteiger charge is -2.19. The first-order valence-electron chi connectivity index (χ1n) is 6.26. The average molecular weight is 253 g/mol. The number of ether oxygens (including phenoxy) is 1. The molecule has 0 unspecified atom stereocenters. The molecule has 0 aliphatic heterocycles. The second kappa shape index (κ2) is 7.06. The largest absolute Gasteiger partial charge is 0.444 e. The van der Waals surface area contributed by atoms with Crippen LogP contribution in [0.4, 0.5) is 4.79 Å². The quantitative estimate of drug-likeness (QED) is 0.679. The van der Waals surface area contributed by atoms with Crippen LogP contribution >= 0.6 is 0 Å². The normalized spacial score (nSPS) is 11.3. The van der Waals surface area contributed by atoms with E-state index in [1.54, 1.807) is 0 Å². The molecular formula is C13H23N3O2. The Balaban J connectivity index is 1.97. The summed E-state index contributed by atoms with van der Waals surface area (Å²) in [5.41, 5.74) is 0.798. The van der Waals surface area contributed by atoms with Gasteiger partial charge in [0.05, 0.1) is 0 Å². The lowest BCUT2D eigenvalue weighted by Crippen LogP contribution is -2.33. The molecule has 0 atom stereocenters. The molecule has 102 valence electrons. The van der Waals surface area contributed by atoms with E-state index in [4.69, 9.17) is 4.74 Å². The molecule has 1 aromatic heterocycles. The van der Waals surface area contributed by atoms with Gasteiger partial charge in [-0.15, -0.1) is 0 Å². The number of H-pyrrole nitrogens is 1. The van der Waals surface area contributed by atoms with Crippen LogP contribution in [0.3, 0.4) is 0 Å². The van der Waals surface area contributed by atoms with Gasteiger partial charge in [0.15, 0.2) is 0 Å². The maximum atomic E-state index is 11.3. The van der Waals surface area contributed by atoms with Crippen LogP contribution in [0.25, 0.3) is 0 Å². The Labute approximate surface area is 108 Å². The van der Waals surface area contributed by atoms with Gasteiger partial charge in [-0.25, -0.2) is 4.79 Å². The lowest BCUT2D eigenvalue weighted by atomic mass is 10.2. The molecule has 0 saturated carbocycles. The van der Waals surface area contributed by atoms with Crippen molar-refractivity contribution in [1.82, 2.24) is 15.6 Å². The highest BCUT2D eigenvalue weighted by atomic mass is 16.6. The van der Waals surface area contributed by atoms with Crippen LogP contribution in [0.1, 0.15) is 32.8 Å². The van der Waals surface area contributed by atoms with Gasteiger partial charge in [-0.2, -0.15) is 0 Å². The van der Waals surface area contributed by atoms with E-state index in [1.807, 2.05) is 39.2 Å². The highest BCUT2D eigenvalue weighted by Crippen LogP contribution is 2.06. The molecule has 0 aliphatic rings. The van der Waals surface area contributed by atoms with E-state index in [9.17, 15) is 4.79 Å². The van der Waals surface area contributed by atoms with Gasteiger partial charge in [0.25, 0.3) is 0 Å². The molecule has 1 rings (SSSR count). The van der Waals surface area contributed by atoms with Crippen molar-refractivity contribution >= 4 is 6.09 Å². The van der Waals surface area contributed by atoms with Crippen molar-refractivity contribution in [2.45, 2.75) is 39.3 Å². The Kier molecular flexibility index (Phi) is 5.71. The van der Waals surface area contributed by atoms with E-state index in [0.29, 0.717) is 6.54 Å². The number of aromatic nitrogens is 1. The Hall–Kier alpha value is -1.49. The minimum absolute atomic E-state index is 0.354. The number of aromatic amines is 1. The Morgan fingerprint density at radius 3 is 2.78 bits per heavy atom. The summed E-state index contributed by atoms with van der Waals surface area (Å²) in [5, 5.41) is 6.02. The van der Waals surface area contributed by atoms with E-state index >= 15 is 0 Å². The molecule has 0 saturated heterocycles. The zero-order chi connectivity index (χ0) is 13.4. The Morgan fingerprint density at radius 1 is 1.39 bits per heavy atom. The second-order valence-electron chi connectivity index (χ2n) is 5.18. The van der Waals surface area contributed by atoms with E-state index in [2.05, 4.69) is 15.6 Å². The van der Waals surface area contributed by atoms with Crippen LogP contribution in [0.15, 0.2) is 18.5 Å². The second-order valence-corrected chi connectivity index (χ2v) is 5.18. The molecule has 0 fully saturated rings. The molecule has 0 aliphatic carbocycles. The van der Waals surface area contributed by atoms with Crippen LogP contribution in [-0.2, 0) is 11.3 Å². The number of rotatable bonds is 6. The lowest BCUT2D eigenvalue weighted by molar-refractivity contribution is 0.0527. The first-order chi connectivity index (χ1) is 8.47. The predicted molar refractivity (Wildman–Crippen MR) is 71.4 cm³/mol. The summed E-state index contributed by atoms with van der Waals surface area (Å²) >= 11 is 0. The molecule has 18 heavy (non-hydrogen) atoms. The number of carbonyl (C=O) groups is 1. The minimum Gasteiger partial charge on any atom is -0.444 e. The Bertz CT molecular complexity index is 342. The number of hydrogen-bond acceptors (Lipinski definition) is 3. The highest BCUT2D eigenvalue weighted by Gasteiger charge is 2.15. The number of carbonyl (C=O) groups excluding carboxylic acids is 1. The SMILES string of the molecule is CC(C)(C)OC(=O)NCCCNCc1cc[nH]c1. The summed E-state index contributed by atoms with van der Waals surface area (Å²) in [6, 6.07) is 2.03. The maximum Gasteiger partial charge on any atom is 0.407 e. The van der Waals surface area contributed by atoms with E-state index in [-0.39, 0.29) is 6.09 Å². The van der Waals surface area contributed by atoms with Crippen molar-refractivity contribution in [2.75, 3.05) is 13.1 Å². The predicted octanol–water partition coefficient (Wildman–Crippen LogP) is 2.02. The number of alkyl carbamates (subject to hydrolysis) is 1.